The summed E-state index contributed by atoms with van der Waals surface area (Å²) >= 11 is 0. The topological polar surface area (TPSA) is 116 Å². The first-order valence-corrected chi connectivity index (χ1v) is 12.5. The lowest BCUT2D eigenvalue weighted by atomic mass is 9.84. The zero-order valence-corrected chi connectivity index (χ0v) is 20.1. The van der Waals surface area contributed by atoms with Crippen LogP contribution in [0.1, 0.15) is 42.2 Å². The van der Waals surface area contributed by atoms with Crippen LogP contribution in [0.3, 0.4) is 0 Å². The van der Waals surface area contributed by atoms with E-state index in [-0.39, 0.29) is 5.75 Å². The summed E-state index contributed by atoms with van der Waals surface area (Å²) in [5.41, 5.74) is 3.78. The SMILES string of the molecule is COc1cccc2c1-c1ccc(CS(N)(=O)=O)cc1C(c1cccc(CC(C)(C)C(=O)O)c1)O2. The Kier molecular flexibility index (Phi) is 6.14. The highest BCUT2D eigenvalue weighted by molar-refractivity contribution is 7.88. The second-order valence-electron chi connectivity index (χ2n) is 9.17. The van der Waals surface area contributed by atoms with Crippen molar-refractivity contribution in [2.24, 2.45) is 10.6 Å². The summed E-state index contributed by atoms with van der Waals surface area (Å²) in [6, 6.07) is 18.6. The number of carboxylic acid groups (broad SMARTS) is 1. The van der Waals surface area contributed by atoms with Gasteiger partial charge in [0.25, 0.3) is 0 Å². The molecule has 1 heterocycles. The van der Waals surface area contributed by atoms with Crippen LogP contribution in [0.4, 0.5) is 0 Å². The normalized spacial score (nSPS) is 15.1. The molecule has 8 heteroatoms. The van der Waals surface area contributed by atoms with Gasteiger partial charge < -0.3 is 14.6 Å². The van der Waals surface area contributed by atoms with Crippen LogP contribution in [0.5, 0.6) is 11.5 Å². The van der Waals surface area contributed by atoms with Crippen molar-refractivity contribution in [1.29, 1.82) is 0 Å². The fourth-order valence-corrected chi connectivity index (χ4v) is 4.96. The van der Waals surface area contributed by atoms with Crippen molar-refractivity contribution in [3.8, 4) is 22.6 Å². The maximum absolute atomic E-state index is 11.7. The van der Waals surface area contributed by atoms with E-state index in [1.54, 1.807) is 33.1 Å². The van der Waals surface area contributed by atoms with Gasteiger partial charge in [0.15, 0.2) is 0 Å². The number of hydrogen-bond donors (Lipinski definition) is 2. The van der Waals surface area contributed by atoms with Gasteiger partial charge in [0.2, 0.25) is 10.0 Å². The molecule has 3 aromatic carbocycles. The fourth-order valence-electron chi connectivity index (χ4n) is 4.31. The third-order valence-corrected chi connectivity index (χ3v) is 6.70. The molecule has 0 saturated heterocycles. The largest absolute Gasteiger partial charge is 0.496 e. The Morgan fingerprint density at radius 1 is 1.09 bits per heavy atom. The molecule has 0 amide bonds. The molecule has 0 radical (unpaired) electrons. The van der Waals surface area contributed by atoms with Gasteiger partial charge in [0.05, 0.1) is 23.8 Å². The minimum atomic E-state index is -3.72. The summed E-state index contributed by atoms with van der Waals surface area (Å²) in [7, 11) is -2.13. The number of carbonyl (C=O) groups is 1. The van der Waals surface area contributed by atoms with Crippen LogP contribution in [0.15, 0.2) is 60.7 Å². The van der Waals surface area contributed by atoms with E-state index in [2.05, 4.69) is 0 Å². The molecule has 4 rings (SSSR count). The van der Waals surface area contributed by atoms with E-state index in [0.29, 0.717) is 23.5 Å². The molecular weight excluding hydrogens is 454 g/mol. The van der Waals surface area contributed by atoms with Crippen molar-refractivity contribution in [2.45, 2.75) is 32.1 Å². The zero-order chi connectivity index (χ0) is 24.7. The van der Waals surface area contributed by atoms with Gasteiger partial charge in [-0.3, -0.25) is 4.79 Å². The van der Waals surface area contributed by atoms with Crippen molar-refractivity contribution in [3.05, 3.63) is 82.9 Å². The Bertz CT molecular complexity index is 1360. The maximum Gasteiger partial charge on any atom is 0.309 e. The molecule has 1 aliphatic heterocycles. The predicted octanol–water partition coefficient (Wildman–Crippen LogP) is 4.29. The highest BCUT2D eigenvalue weighted by atomic mass is 32.2. The molecule has 0 spiro atoms. The minimum Gasteiger partial charge on any atom is -0.496 e. The summed E-state index contributed by atoms with van der Waals surface area (Å²) < 4.78 is 35.5. The number of fused-ring (bicyclic) bond motifs is 3. The van der Waals surface area contributed by atoms with E-state index in [4.69, 9.17) is 14.6 Å². The van der Waals surface area contributed by atoms with Crippen molar-refractivity contribution in [3.63, 3.8) is 0 Å². The van der Waals surface area contributed by atoms with Crippen molar-refractivity contribution in [2.75, 3.05) is 7.11 Å². The fraction of sp³-hybridized carbons (Fsp3) is 0.269. The van der Waals surface area contributed by atoms with Crippen LogP contribution in [0.2, 0.25) is 0 Å². The van der Waals surface area contributed by atoms with Crippen LogP contribution in [0, 0.1) is 5.41 Å². The Hall–Kier alpha value is -3.36. The van der Waals surface area contributed by atoms with Gasteiger partial charge in [-0.2, -0.15) is 0 Å². The molecule has 34 heavy (non-hydrogen) atoms. The first-order valence-electron chi connectivity index (χ1n) is 10.8. The van der Waals surface area contributed by atoms with Gasteiger partial charge in [0, 0.05) is 5.56 Å². The quantitative estimate of drug-likeness (QED) is 0.520. The molecule has 0 aliphatic carbocycles. The van der Waals surface area contributed by atoms with Crippen molar-refractivity contribution in [1.82, 2.24) is 0 Å². The molecule has 1 atom stereocenters. The maximum atomic E-state index is 11.7. The van der Waals surface area contributed by atoms with Gasteiger partial charge in [-0.25, -0.2) is 13.6 Å². The number of methoxy groups -OCH3 is 1. The van der Waals surface area contributed by atoms with Crippen molar-refractivity contribution < 1.29 is 27.8 Å². The van der Waals surface area contributed by atoms with Crippen LogP contribution in [-0.2, 0) is 27.0 Å². The Morgan fingerprint density at radius 2 is 1.82 bits per heavy atom. The van der Waals surface area contributed by atoms with Gasteiger partial charge in [-0.1, -0.05) is 48.5 Å². The summed E-state index contributed by atoms with van der Waals surface area (Å²) in [6.07, 6.45) is -0.172. The number of sulfonamides is 1. The average molecular weight is 482 g/mol. The number of aliphatic carboxylic acids is 1. The second-order valence-corrected chi connectivity index (χ2v) is 10.8. The highest BCUT2D eigenvalue weighted by Crippen LogP contribution is 2.49. The molecule has 0 bridgehead atoms. The van der Waals surface area contributed by atoms with Crippen LogP contribution >= 0.6 is 0 Å². The van der Waals surface area contributed by atoms with Crippen molar-refractivity contribution >= 4 is 16.0 Å². The van der Waals surface area contributed by atoms with Gasteiger partial charge in [-0.15, -0.1) is 0 Å². The molecule has 3 N–H and O–H groups in total. The molecular formula is C26H27NO6S. The number of primary sulfonamides is 1. The number of carboxylic acids is 1. The van der Waals surface area contributed by atoms with Crippen LogP contribution in [-0.4, -0.2) is 26.6 Å². The van der Waals surface area contributed by atoms with E-state index >= 15 is 0 Å². The Morgan fingerprint density at radius 3 is 2.50 bits per heavy atom. The number of rotatable bonds is 7. The lowest BCUT2D eigenvalue weighted by Crippen LogP contribution is -2.26. The van der Waals surface area contributed by atoms with E-state index in [0.717, 1.165) is 27.8 Å². The summed E-state index contributed by atoms with van der Waals surface area (Å²) in [6.45, 7) is 3.38. The first-order chi connectivity index (χ1) is 16.0. The number of ether oxygens (including phenoxy) is 2. The third kappa shape index (κ3) is 4.78. The highest BCUT2D eigenvalue weighted by Gasteiger charge is 2.31. The lowest BCUT2D eigenvalue weighted by molar-refractivity contribution is -0.146. The van der Waals surface area contributed by atoms with E-state index < -0.39 is 27.5 Å². The standard InChI is InChI=1S/C26H27NO6S/c1-26(2,25(28)29)14-16-6-4-7-18(12-16)24-20-13-17(15-34(27,30)31)10-11-19(20)23-21(32-3)8-5-9-22(23)33-24/h4-13,24H,14-15H2,1-3H3,(H,28,29)(H2,27,30,31). The van der Waals surface area contributed by atoms with Gasteiger partial charge in [0.1, 0.15) is 17.6 Å². The van der Waals surface area contributed by atoms with E-state index in [9.17, 15) is 18.3 Å². The first kappa shape index (κ1) is 23.8. The van der Waals surface area contributed by atoms with E-state index in [1.165, 1.54) is 0 Å². The monoisotopic (exact) mass is 481 g/mol. The summed E-state index contributed by atoms with van der Waals surface area (Å²) in [5.74, 6) is 0.130. The van der Waals surface area contributed by atoms with Crippen LogP contribution in [0.25, 0.3) is 11.1 Å². The molecule has 1 unspecified atom stereocenters. The van der Waals surface area contributed by atoms with E-state index in [1.807, 2.05) is 48.5 Å². The second kappa shape index (κ2) is 8.77. The number of benzene rings is 3. The zero-order valence-electron chi connectivity index (χ0n) is 19.2. The summed E-state index contributed by atoms with van der Waals surface area (Å²) in [4.78, 5) is 11.6. The number of hydrogen-bond acceptors (Lipinski definition) is 5. The minimum absolute atomic E-state index is 0.293. The smallest absolute Gasteiger partial charge is 0.309 e. The predicted molar refractivity (Wildman–Crippen MR) is 129 cm³/mol. The third-order valence-electron chi connectivity index (χ3n) is 5.97. The lowest BCUT2D eigenvalue weighted by Gasteiger charge is -2.31. The molecule has 0 saturated carbocycles. The molecule has 178 valence electrons. The Labute approximate surface area is 199 Å². The molecule has 0 aromatic heterocycles. The number of nitrogens with two attached hydrogens (primary N) is 1. The molecule has 1 aliphatic rings. The van der Waals surface area contributed by atoms with Gasteiger partial charge >= 0.3 is 5.97 Å². The van der Waals surface area contributed by atoms with Gasteiger partial charge in [-0.05, 0) is 54.7 Å². The molecule has 7 nitrogen and oxygen atoms in total. The van der Waals surface area contributed by atoms with Crippen LogP contribution < -0.4 is 14.6 Å². The average Bonchev–Trinajstić information content (AvgIpc) is 2.76. The summed E-state index contributed by atoms with van der Waals surface area (Å²) in [5, 5.41) is 14.8. The molecule has 3 aromatic rings. The Balaban J connectivity index is 1.84. The molecule has 0 fully saturated rings.